The third-order valence-corrected chi connectivity index (χ3v) is 2.60. The molecular weight excluding hydrogens is 207 g/mol. The van der Waals surface area contributed by atoms with Gasteiger partial charge in [-0.15, -0.1) is 5.10 Å². The van der Waals surface area contributed by atoms with E-state index < -0.39 is 0 Å². The Balaban J connectivity index is 2.35. The van der Waals surface area contributed by atoms with Crippen LogP contribution in [0.3, 0.4) is 0 Å². The van der Waals surface area contributed by atoms with Crippen molar-refractivity contribution in [2.24, 2.45) is 0 Å². The number of hydrogen-bond acceptors (Lipinski definition) is 3. The Morgan fingerprint density at radius 2 is 2.31 bits per heavy atom. The molecule has 0 saturated carbocycles. The van der Waals surface area contributed by atoms with Crippen LogP contribution in [0.5, 0.6) is 0 Å². The third-order valence-electron chi connectivity index (χ3n) is 2.60. The van der Waals surface area contributed by atoms with Crippen LogP contribution in [0.15, 0.2) is 24.7 Å². The smallest absolute Gasteiger partial charge is 0.150 e. The zero-order valence-electron chi connectivity index (χ0n) is 9.26. The molecule has 1 atom stereocenters. The summed E-state index contributed by atoms with van der Waals surface area (Å²) >= 11 is 0. The van der Waals surface area contributed by atoms with E-state index in [0.29, 0.717) is 11.3 Å². The van der Waals surface area contributed by atoms with Gasteiger partial charge < -0.3 is 0 Å². The summed E-state index contributed by atoms with van der Waals surface area (Å²) in [5.74, 6) is -0.376. The molecule has 2 rings (SSSR count). The van der Waals surface area contributed by atoms with E-state index in [2.05, 4.69) is 22.2 Å². The summed E-state index contributed by atoms with van der Waals surface area (Å²) in [5, 5.41) is 7.95. The van der Waals surface area contributed by atoms with Crippen molar-refractivity contribution in [3.05, 3.63) is 30.5 Å². The number of pyridine rings is 1. The average Bonchev–Trinajstić information content (AvgIpc) is 2.78. The SMILES string of the molecule is CCC(C)n1cc(-c2ccncc2F)nn1. The van der Waals surface area contributed by atoms with Crippen molar-refractivity contribution in [1.82, 2.24) is 20.0 Å². The second-order valence-corrected chi connectivity index (χ2v) is 3.70. The molecule has 2 aromatic rings. The lowest BCUT2D eigenvalue weighted by Gasteiger charge is -2.06. The van der Waals surface area contributed by atoms with Crippen molar-refractivity contribution in [3.63, 3.8) is 0 Å². The van der Waals surface area contributed by atoms with Crippen LogP contribution in [-0.4, -0.2) is 20.0 Å². The predicted octanol–water partition coefficient (Wildman–Crippen LogP) is 2.45. The van der Waals surface area contributed by atoms with Crippen molar-refractivity contribution in [1.29, 1.82) is 0 Å². The van der Waals surface area contributed by atoms with E-state index in [1.165, 1.54) is 6.20 Å². The van der Waals surface area contributed by atoms with Crippen molar-refractivity contribution < 1.29 is 4.39 Å². The quantitative estimate of drug-likeness (QED) is 0.798. The van der Waals surface area contributed by atoms with Crippen molar-refractivity contribution in [3.8, 4) is 11.3 Å². The first-order valence-electron chi connectivity index (χ1n) is 5.24. The van der Waals surface area contributed by atoms with Gasteiger partial charge in [-0.3, -0.25) is 4.98 Å². The summed E-state index contributed by atoms with van der Waals surface area (Å²) in [6.07, 6.45) is 5.44. The van der Waals surface area contributed by atoms with Gasteiger partial charge in [-0.25, -0.2) is 9.07 Å². The molecule has 0 aromatic carbocycles. The monoisotopic (exact) mass is 220 g/mol. The standard InChI is InChI=1S/C11H13FN4/c1-3-8(2)16-7-11(14-15-16)9-4-5-13-6-10(9)12/h4-8H,3H2,1-2H3. The fraction of sp³-hybridized carbons (Fsp3) is 0.364. The second kappa shape index (κ2) is 4.38. The topological polar surface area (TPSA) is 43.6 Å². The maximum atomic E-state index is 13.4. The van der Waals surface area contributed by atoms with Gasteiger partial charge in [-0.2, -0.15) is 0 Å². The van der Waals surface area contributed by atoms with Crippen LogP contribution in [-0.2, 0) is 0 Å². The lowest BCUT2D eigenvalue weighted by atomic mass is 10.2. The van der Waals surface area contributed by atoms with Gasteiger partial charge in [0, 0.05) is 11.8 Å². The van der Waals surface area contributed by atoms with Crippen LogP contribution in [0.25, 0.3) is 11.3 Å². The first kappa shape index (κ1) is 10.7. The minimum absolute atomic E-state index is 0.270. The van der Waals surface area contributed by atoms with Gasteiger partial charge in [0.1, 0.15) is 5.69 Å². The number of rotatable bonds is 3. The zero-order chi connectivity index (χ0) is 11.5. The van der Waals surface area contributed by atoms with E-state index >= 15 is 0 Å². The molecule has 0 amide bonds. The molecule has 0 aliphatic heterocycles. The predicted molar refractivity (Wildman–Crippen MR) is 58.2 cm³/mol. The maximum Gasteiger partial charge on any atom is 0.150 e. The van der Waals surface area contributed by atoms with E-state index in [4.69, 9.17) is 0 Å². The zero-order valence-corrected chi connectivity index (χ0v) is 9.26. The highest BCUT2D eigenvalue weighted by atomic mass is 19.1. The van der Waals surface area contributed by atoms with E-state index in [-0.39, 0.29) is 11.9 Å². The van der Waals surface area contributed by atoms with Crippen molar-refractivity contribution in [2.45, 2.75) is 26.3 Å². The summed E-state index contributed by atoms with van der Waals surface area (Å²) in [7, 11) is 0. The Bertz CT molecular complexity index is 480. The molecule has 0 aliphatic carbocycles. The minimum atomic E-state index is -0.376. The molecule has 5 heteroatoms. The van der Waals surface area contributed by atoms with Crippen LogP contribution < -0.4 is 0 Å². The van der Waals surface area contributed by atoms with E-state index in [9.17, 15) is 4.39 Å². The first-order chi connectivity index (χ1) is 7.72. The van der Waals surface area contributed by atoms with Crippen LogP contribution in [0.1, 0.15) is 26.3 Å². The van der Waals surface area contributed by atoms with Gasteiger partial charge in [0.15, 0.2) is 5.82 Å². The molecule has 1 unspecified atom stereocenters. The fourth-order valence-electron chi connectivity index (χ4n) is 1.39. The highest BCUT2D eigenvalue weighted by molar-refractivity contribution is 5.57. The Labute approximate surface area is 93.1 Å². The highest BCUT2D eigenvalue weighted by Crippen LogP contribution is 2.20. The molecule has 2 aromatic heterocycles. The Morgan fingerprint density at radius 1 is 1.50 bits per heavy atom. The number of aromatic nitrogens is 4. The van der Waals surface area contributed by atoms with E-state index in [0.717, 1.165) is 6.42 Å². The van der Waals surface area contributed by atoms with Gasteiger partial charge in [0.25, 0.3) is 0 Å². The number of nitrogens with zero attached hydrogens (tertiary/aromatic N) is 4. The van der Waals surface area contributed by atoms with Gasteiger partial charge in [-0.1, -0.05) is 12.1 Å². The Kier molecular flexibility index (Phi) is 2.94. The van der Waals surface area contributed by atoms with E-state index in [1.54, 1.807) is 23.1 Å². The summed E-state index contributed by atoms with van der Waals surface area (Å²) in [4.78, 5) is 3.70. The Morgan fingerprint density at radius 3 is 3.00 bits per heavy atom. The molecule has 0 N–H and O–H groups in total. The lowest BCUT2D eigenvalue weighted by Crippen LogP contribution is -2.03. The summed E-state index contributed by atoms with van der Waals surface area (Å²) in [6.45, 7) is 4.11. The molecule has 0 aliphatic rings. The molecule has 0 saturated heterocycles. The number of hydrogen-bond donors (Lipinski definition) is 0. The molecule has 2 heterocycles. The van der Waals surface area contributed by atoms with Crippen LogP contribution in [0, 0.1) is 5.82 Å². The average molecular weight is 220 g/mol. The molecule has 16 heavy (non-hydrogen) atoms. The molecule has 0 fully saturated rings. The third kappa shape index (κ3) is 1.93. The van der Waals surface area contributed by atoms with Crippen LogP contribution >= 0.6 is 0 Å². The second-order valence-electron chi connectivity index (χ2n) is 3.70. The Hall–Kier alpha value is -1.78. The highest BCUT2D eigenvalue weighted by Gasteiger charge is 2.10. The molecular formula is C11H13FN4. The van der Waals surface area contributed by atoms with E-state index in [1.807, 2.05) is 6.92 Å². The number of halogens is 1. The summed E-state index contributed by atoms with van der Waals surface area (Å²) in [5.41, 5.74) is 0.977. The van der Waals surface area contributed by atoms with Crippen molar-refractivity contribution in [2.75, 3.05) is 0 Å². The van der Waals surface area contributed by atoms with Gasteiger partial charge in [0.2, 0.25) is 0 Å². The lowest BCUT2D eigenvalue weighted by molar-refractivity contribution is 0.464. The minimum Gasteiger partial charge on any atom is -0.262 e. The van der Waals surface area contributed by atoms with Crippen LogP contribution in [0.4, 0.5) is 4.39 Å². The van der Waals surface area contributed by atoms with Gasteiger partial charge in [-0.05, 0) is 19.4 Å². The largest absolute Gasteiger partial charge is 0.262 e. The maximum absolute atomic E-state index is 13.4. The van der Waals surface area contributed by atoms with Crippen molar-refractivity contribution >= 4 is 0 Å². The van der Waals surface area contributed by atoms with Gasteiger partial charge in [0.05, 0.1) is 18.4 Å². The first-order valence-corrected chi connectivity index (χ1v) is 5.24. The fourth-order valence-corrected chi connectivity index (χ4v) is 1.39. The molecule has 0 spiro atoms. The molecule has 4 nitrogen and oxygen atoms in total. The molecule has 0 bridgehead atoms. The molecule has 84 valence electrons. The molecule has 0 radical (unpaired) electrons. The normalized spacial score (nSPS) is 12.7. The summed E-state index contributed by atoms with van der Waals surface area (Å²) < 4.78 is 15.2. The van der Waals surface area contributed by atoms with Gasteiger partial charge >= 0.3 is 0 Å². The summed E-state index contributed by atoms with van der Waals surface area (Å²) in [6, 6.07) is 1.87. The van der Waals surface area contributed by atoms with Crippen LogP contribution in [0.2, 0.25) is 0 Å².